The minimum Gasteiger partial charge on any atom is -0.462 e. The molecule has 10 heteroatoms. The summed E-state index contributed by atoms with van der Waals surface area (Å²) in [6.45, 7) is 4.08. The van der Waals surface area contributed by atoms with E-state index in [0.29, 0.717) is 30.3 Å². The standard InChI is InChI=1S/C74H114NO8P/c1-6-8-10-12-14-16-18-20-22-24-26-28-30-32-34-36-37-39-40-42-44-46-48-50-52-54-56-58-60-62-64-66-73(76)80-70-72(71-82-84(78,79)81-69-68-75(3,4)5)83-74(77)67-65-63-61-59-57-55-53-51-49-47-45-43-41-38-35-33-31-29-27-25-23-21-19-17-15-13-11-9-7-2/h8-11,14-17,20-23,26-29,32-35,37,39,41-44,47-50,53,55,59,61,72H,6-7,12-13,18-19,24-25,30-31,36,38,40,45-46,51-52,54,56-58,60,62-71H2,1-5H3/p+1/b10-8-,11-9-,16-14-,17-15-,22-20-,23-21-,28-26-,29-27-,34-32-,35-33-,39-37-,43-41-,44-42-,49-47-,50-48-,55-53-,61-59-. The van der Waals surface area contributed by atoms with Gasteiger partial charge in [-0.15, -0.1) is 0 Å². The van der Waals surface area contributed by atoms with Crippen LogP contribution in [0, 0.1) is 0 Å². The van der Waals surface area contributed by atoms with Crippen LogP contribution < -0.4 is 0 Å². The number of allylic oxidation sites excluding steroid dienone is 34. The second-order valence-corrected chi connectivity index (χ2v) is 22.8. The van der Waals surface area contributed by atoms with Gasteiger partial charge < -0.3 is 18.9 Å². The minimum atomic E-state index is -4.43. The molecule has 2 atom stereocenters. The van der Waals surface area contributed by atoms with Crippen LogP contribution in [0.5, 0.6) is 0 Å². The summed E-state index contributed by atoms with van der Waals surface area (Å²) >= 11 is 0. The first-order valence-electron chi connectivity index (χ1n) is 31.8. The van der Waals surface area contributed by atoms with Crippen LogP contribution in [-0.2, 0) is 32.7 Å². The average Bonchev–Trinajstić information content (AvgIpc) is 3.61. The van der Waals surface area contributed by atoms with Crippen LogP contribution >= 0.6 is 7.82 Å². The number of phosphoric ester groups is 1. The molecule has 9 nitrogen and oxygen atoms in total. The lowest BCUT2D eigenvalue weighted by Crippen LogP contribution is -2.37. The van der Waals surface area contributed by atoms with E-state index in [0.717, 1.165) is 148 Å². The molecule has 0 aromatic heterocycles. The summed E-state index contributed by atoms with van der Waals surface area (Å²) in [5.74, 6) is -0.905. The van der Waals surface area contributed by atoms with E-state index in [9.17, 15) is 19.0 Å². The minimum absolute atomic E-state index is 0.00494. The normalized spacial score (nSPS) is 14.6. The summed E-state index contributed by atoms with van der Waals surface area (Å²) < 4.78 is 34.5. The van der Waals surface area contributed by atoms with Crippen molar-refractivity contribution in [1.29, 1.82) is 0 Å². The van der Waals surface area contributed by atoms with Crippen molar-refractivity contribution in [2.75, 3.05) is 47.5 Å². The Hall–Kier alpha value is -5.41. The fraction of sp³-hybridized carbons (Fsp3) is 0.514. The number of quaternary nitrogens is 1. The van der Waals surface area contributed by atoms with Gasteiger partial charge in [0, 0.05) is 12.8 Å². The fourth-order valence-corrected chi connectivity index (χ4v) is 8.24. The quantitative estimate of drug-likeness (QED) is 0.0211. The van der Waals surface area contributed by atoms with Crippen molar-refractivity contribution in [2.24, 2.45) is 0 Å². The van der Waals surface area contributed by atoms with E-state index >= 15 is 0 Å². The first-order valence-corrected chi connectivity index (χ1v) is 33.3. The van der Waals surface area contributed by atoms with Crippen LogP contribution in [0.2, 0.25) is 0 Å². The lowest BCUT2D eigenvalue weighted by Gasteiger charge is -2.24. The topological polar surface area (TPSA) is 108 Å². The summed E-state index contributed by atoms with van der Waals surface area (Å²) in [6.07, 6.45) is 99.1. The number of hydrogen-bond donors (Lipinski definition) is 1. The molecule has 0 bridgehead atoms. The molecule has 0 fully saturated rings. The van der Waals surface area contributed by atoms with Gasteiger partial charge >= 0.3 is 19.8 Å². The van der Waals surface area contributed by atoms with Crippen molar-refractivity contribution >= 4 is 19.8 Å². The van der Waals surface area contributed by atoms with Gasteiger partial charge in [-0.2, -0.15) is 0 Å². The summed E-state index contributed by atoms with van der Waals surface area (Å²) in [7, 11) is 1.39. The van der Waals surface area contributed by atoms with Crippen molar-refractivity contribution in [3.63, 3.8) is 0 Å². The van der Waals surface area contributed by atoms with Crippen LogP contribution in [0.3, 0.4) is 0 Å². The third kappa shape index (κ3) is 65.7. The van der Waals surface area contributed by atoms with E-state index in [1.165, 1.54) is 0 Å². The highest BCUT2D eigenvalue weighted by atomic mass is 31.2. The Morgan fingerprint density at radius 1 is 0.369 bits per heavy atom. The summed E-state index contributed by atoms with van der Waals surface area (Å²) in [5.41, 5.74) is 0. The van der Waals surface area contributed by atoms with Crippen molar-refractivity contribution in [3.8, 4) is 0 Å². The lowest BCUT2D eigenvalue weighted by molar-refractivity contribution is -0.870. The molecule has 0 aliphatic carbocycles. The molecule has 0 rings (SSSR count). The first-order chi connectivity index (χ1) is 41.0. The monoisotopic (exact) mass is 1180 g/mol. The molecule has 0 saturated carbocycles. The zero-order chi connectivity index (χ0) is 61.2. The van der Waals surface area contributed by atoms with Crippen LogP contribution in [0.4, 0.5) is 0 Å². The second-order valence-electron chi connectivity index (χ2n) is 21.3. The highest BCUT2D eigenvalue weighted by Gasteiger charge is 2.27. The summed E-state index contributed by atoms with van der Waals surface area (Å²) in [5, 5.41) is 0. The molecule has 2 unspecified atom stereocenters. The van der Waals surface area contributed by atoms with Crippen molar-refractivity contribution in [1.82, 2.24) is 0 Å². The highest BCUT2D eigenvalue weighted by molar-refractivity contribution is 7.47. The van der Waals surface area contributed by atoms with E-state index in [2.05, 4.69) is 214 Å². The number of likely N-dealkylation sites (N-methyl/N-ethyl adjacent to an activating group) is 1. The molecule has 0 radical (unpaired) electrons. The van der Waals surface area contributed by atoms with Crippen molar-refractivity contribution in [2.45, 2.75) is 200 Å². The maximum Gasteiger partial charge on any atom is 0.472 e. The Balaban J connectivity index is 4.34. The van der Waals surface area contributed by atoms with Gasteiger partial charge in [0.05, 0.1) is 27.7 Å². The SMILES string of the molecule is CC/C=C\C/C=C\C/C=C\C/C=C\C/C=C\C/C=C\C/C=C\C/C=C\C/C=C\CCCC(=O)OC(COC(=O)CCCCCCCC/C=C\C/C=C\C/C=C\C/C=C\C/C=C\C/C=C\C/C=C\C/C=C\CC)COP(=O)(O)OCC[N+](C)(C)C. The van der Waals surface area contributed by atoms with Gasteiger partial charge in [-0.3, -0.25) is 18.6 Å². The molecule has 84 heavy (non-hydrogen) atoms. The first kappa shape index (κ1) is 78.6. The zero-order valence-electron chi connectivity index (χ0n) is 53.0. The lowest BCUT2D eigenvalue weighted by atomic mass is 10.1. The molecule has 0 saturated heterocycles. The molecule has 0 spiro atoms. The maximum atomic E-state index is 12.8. The predicted molar refractivity (Wildman–Crippen MR) is 361 cm³/mol. The molecule has 468 valence electrons. The maximum absolute atomic E-state index is 12.8. The Morgan fingerprint density at radius 2 is 0.655 bits per heavy atom. The molecule has 0 aromatic carbocycles. The molecule has 0 aromatic rings. The Bertz CT molecular complexity index is 2170. The molecular formula is C74H115NO8P+. The van der Waals surface area contributed by atoms with Crippen molar-refractivity contribution in [3.05, 3.63) is 207 Å². The van der Waals surface area contributed by atoms with Gasteiger partial charge in [-0.25, -0.2) is 4.57 Å². The third-order valence-electron chi connectivity index (χ3n) is 12.3. The molecule has 0 amide bonds. The number of unbranched alkanes of at least 4 members (excludes halogenated alkanes) is 7. The van der Waals surface area contributed by atoms with E-state index < -0.39 is 32.5 Å². The predicted octanol–water partition coefficient (Wildman–Crippen LogP) is 20.7. The molecule has 0 heterocycles. The fourth-order valence-electron chi connectivity index (χ4n) is 7.50. The van der Waals surface area contributed by atoms with Gasteiger partial charge in [-0.1, -0.05) is 246 Å². The number of carbonyl (C=O) groups excluding carboxylic acids is 2. The van der Waals surface area contributed by atoms with E-state index in [4.69, 9.17) is 18.5 Å². The summed E-state index contributed by atoms with van der Waals surface area (Å²) in [4.78, 5) is 35.8. The van der Waals surface area contributed by atoms with Crippen molar-refractivity contribution < 1.29 is 42.1 Å². The number of rotatable bonds is 55. The Morgan fingerprint density at radius 3 is 0.988 bits per heavy atom. The van der Waals surface area contributed by atoms with Gasteiger partial charge in [-0.05, 0) is 141 Å². The van der Waals surface area contributed by atoms with E-state index in [1.807, 2.05) is 27.2 Å². The van der Waals surface area contributed by atoms with Crippen LogP contribution in [0.25, 0.3) is 0 Å². The van der Waals surface area contributed by atoms with E-state index in [-0.39, 0.29) is 26.1 Å². The smallest absolute Gasteiger partial charge is 0.462 e. The Labute approximate surface area is 513 Å². The van der Waals surface area contributed by atoms with Gasteiger partial charge in [0.1, 0.15) is 19.8 Å². The largest absolute Gasteiger partial charge is 0.472 e. The Kier molecular flexibility index (Phi) is 58.1. The van der Waals surface area contributed by atoms with Gasteiger partial charge in [0.25, 0.3) is 0 Å². The number of carbonyl (C=O) groups is 2. The van der Waals surface area contributed by atoms with Crippen LogP contribution in [0.15, 0.2) is 207 Å². The van der Waals surface area contributed by atoms with Crippen LogP contribution in [-0.4, -0.2) is 74.9 Å². The highest BCUT2D eigenvalue weighted by Crippen LogP contribution is 2.43. The van der Waals surface area contributed by atoms with Gasteiger partial charge in [0.15, 0.2) is 6.10 Å². The number of hydrogen-bond acceptors (Lipinski definition) is 7. The molecule has 0 aliphatic rings. The molecule has 0 aliphatic heterocycles. The molecule has 1 N–H and O–H groups in total. The number of esters is 2. The number of nitrogens with zero attached hydrogens (tertiary/aromatic N) is 1. The molecular weight excluding hydrogens is 1060 g/mol. The average molecular weight is 1180 g/mol. The summed E-state index contributed by atoms with van der Waals surface area (Å²) in [6, 6.07) is 0. The zero-order valence-corrected chi connectivity index (χ0v) is 53.9. The number of ether oxygens (including phenoxy) is 2. The third-order valence-corrected chi connectivity index (χ3v) is 13.3. The van der Waals surface area contributed by atoms with Gasteiger partial charge in [0.2, 0.25) is 0 Å². The van der Waals surface area contributed by atoms with Crippen LogP contribution in [0.1, 0.15) is 194 Å². The second kappa shape index (κ2) is 62.1. The van der Waals surface area contributed by atoms with E-state index in [1.54, 1.807) is 0 Å². The number of phosphoric acid groups is 1.